The topological polar surface area (TPSA) is 41.1 Å². The molecule has 3 nitrogen and oxygen atoms in total. The van der Waals surface area contributed by atoms with E-state index in [4.69, 9.17) is 11.6 Å². The van der Waals surface area contributed by atoms with Gasteiger partial charge in [0.2, 0.25) is 5.91 Å². The molecule has 1 aliphatic rings. The zero-order chi connectivity index (χ0) is 13.1. The summed E-state index contributed by atoms with van der Waals surface area (Å²) in [7, 11) is 0. The van der Waals surface area contributed by atoms with Crippen LogP contribution in [0.3, 0.4) is 0 Å². The smallest absolute Gasteiger partial charge is 0.220 e. The Morgan fingerprint density at radius 3 is 2.94 bits per heavy atom. The zero-order valence-corrected chi connectivity index (χ0v) is 10.9. The van der Waals surface area contributed by atoms with Crippen LogP contribution in [0.1, 0.15) is 31.4 Å². The van der Waals surface area contributed by atoms with Gasteiger partial charge in [0.1, 0.15) is 5.82 Å². The van der Waals surface area contributed by atoms with Crippen molar-refractivity contribution in [3.63, 3.8) is 0 Å². The molecular formula is C13H16ClFN2O. The van der Waals surface area contributed by atoms with E-state index >= 15 is 0 Å². The molecule has 98 valence electrons. The number of nitrogens with one attached hydrogen (secondary N) is 2. The number of hydrogen-bond donors (Lipinski definition) is 2. The Labute approximate surface area is 111 Å². The number of piperidine rings is 1. The highest BCUT2D eigenvalue weighted by molar-refractivity contribution is 6.30. The van der Waals surface area contributed by atoms with E-state index in [-0.39, 0.29) is 23.0 Å². The van der Waals surface area contributed by atoms with E-state index in [1.807, 2.05) is 13.0 Å². The third-order valence-corrected chi connectivity index (χ3v) is 3.50. The van der Waals surface area contributed by atoms with Crippen molar-refractivity contribution >= 4 is 17.5 Å². The molecule has 1 saturated heterocycles. The quantitative estimate of drug-likeness (QED) is 0.886. The Bertz CT molecular complexity index is 443. The normalized spacial score (nSPS) is 21.5. The molecule has 2 atom stereocenters. The van der Waals surface area contributed by atoms with E-state index in [0.717, 1.165) is 12.0 Å². The highest BCUT2D eigenvalue weighted by Gasteiger charge is 2.20. The Morgan fingerprint density at radius 1 is 1.56 bits per heavy atom. The molecular weight excluding hydrogens is 255 g/mol. The predicted octanol–water partition coefficient (Wildman–Crippen LogP) is 2.41. The van der Waals surface area contributed by atoms with E-state index in [9.17, 15) is 9.18 Å². The molecule has 1 aromatic carbocycles. The fraction of sp³-hybridized carbons (Fsp3) is 0.462. The van der Waals surface area contributed by atoms with E-state index in [1.165, 1.54) is 6.07 Å². The molecule has 5 heteroatoms. The molecule has 18 heavy (non-hydrogen) atoms. The van der Waals surface area contributed by atoms with Crippen molar-refractivity contribution in [1.29, 1.82) is 0 Å². The first kappa shape index (κ1) is 13.3. The molecule has 2 N–H and O–H groups in total. The van der Waals surface area contributed by atoms with Crippen LogP contribution in [-0.4, -0.2) is 18.5 Å². The third kappa shape index (κ3) is 3.21. The summed E-state index contributed by atoms with van der Waals surface area (Å²) in [4.78, 5) is 11.0. The lowest BCUT2D eigenvalue weighted by Gasteiger charge is -2.27. The second kappa shape index (κ2) is 5.67. The first-order valence-electron chi connectivity index (χ1n) is 6.04. The summed E-state index contributed by atoms with van der Waals surface area (Å²) >= 11 is 5.65. The van der Waals surface area contributed by atoms with Crippen LogP contribution in [0.25, 0.3) is 0 Å². The summed E-state index contributed by atoms with van der Waals surface area (Å²) < 4.78 is 13.4. The maximum atomic E-state index is 13.4. The Kier molecular flexibility index (Phi) is 4.19. The lowest BCUT2D eigenvalue weighted by atomic mass is 10.0. The van der Waals surface area contributed by atoms with Crippen LogP contribution >= 0.6 is 11.6 Å². The van der Waals surface area contributed by atoms with Gasteiger partial charge >= 0.3 is 0 Å². The van der Waals surface area contributed by atoms with Crippen molar-refractivity contribution < 1.29 is 9.18 Å². The summed E-state index contributed by atoms with van der Waals surface area (Å²) in [6, 6.07) is 5.08. The van der Waals surface area contributed by atoms with Crippen LogP contribution in [-0.2, 0) is 4.79 Å². The molecule has 0 saturated carbocycles. The molecule has 0 aliphatic carbocycles. The standard InChI is InChI=1S/C13H16ClFN2O/c1-8(9-2-4-11(14)12(15)6-9)17-10-3-5-13(18)16-7-10/h2,4,6,8,10,17H,3,5,7H2,1H3,(H,16,18). The first-order chi connectivity index (χ1) is 8.56. The number of hydrogen-bond acceptors (Lipinski definition) is 2. The van der Waals surface area contributed by atoms with Crippen molar-refractivity contribution in [2.45, 2.75) is 31.8 Å². The highest BCUT2D eigenvalue weighted by Crippen LogP contribution is 2.21. The molecule has 0 bridgehead atoms. The predicted molar refractivity (Wildman–Crippen MR) is 69.0 cm³/mol. The molecule has 0 spiro atoms. The zero-order valence-electron chi connectivity index (χ0n) is 10.2. The highest BCUT2D eigenvalue weighted by atomic mass is 35.5. The summed E-state index contributed by atoms with van der Waals surface area (Å²) in [6.45, 7) is 2.60. The number of benzene rings is 1. The van der Waals surface area contributed by atoms with Crippen molar-refractivity contribution in [3.8, 4) is 0 Å². The van der Waals surface area contributed by atoms with Gasteiger partial charge in [-0.15, -0.1) is 0 Å². The average Bonchev–Trinajstić information content (AvgIpc) is 2.35. The minimum atomic E-state index is -0.403. The lowest BCUT2D eigenvalue weighted by molar-refractivity contribution is -0.122. The van der Waals surface area contributed by atoms with Crippen LogP contribution in [0.15, 0.2) is 18.2 Å². The molecule has 0 aromatic heterocycles. The van der Waals surface area contributed by atoms with E-state index in [2.05, 4.69) is 10.6 Å². The van der Waals surface area contributed by atoms with Gasteiger partial charge in [-0.3, -0.25) is 4.79 Å². The van der Waals surface area contributed by atoms with Crippen LogP contribution in [0.5, 0.6) is 0 Å². The van der Waals surface area contributed by atoms with Gasteiger partial charge in [0.05, 0.1) is 5.02 Å². The van der Waals surface area contributed by atoms with Crippen LogP contribution in [0.2, 0.25) is 5.02 Å². The summed E-state index contributed by atoms with van der Waals surface area (Å²) in [5.41, 5.74) is 0.855. The van der Waals surface area contributed by atoms with Crippen LogP contribution < -0.4 is 10.6 Å². The SMILES string of the molecule is CC(NC1CCC(=O)NC1)c1ccc(Cl)c(F)c1. The number of amides is 1. The van der Waals surface area contributed by atoms with Crippen LogP contribution in [0.4, 0.5) is 4.39 Å². The number of rotatable bonds is 3. The molecule has 1 heterocycles. The Morgan fingerprint density at radius 2 is 2.33 bits per heavy atom. The van der Waals surface area contributed by atoms with Gasteiger partial charge in [0.25, 0.3) is 0 Å². The van der Waals surface area contributed by atoms with Crippen molar-refractivity contribution in [1.82, 2.24) is 10.6 Å². The monoisotopic (exact) mass is 270 g/mol. The molecule has 1 aromatic rings. The minimum absolute atomic E-state index is 0.0248. The van der Waals surface area contributed by atoms with E-state index in [1.54, 1.807) is 6.07 Å². The maximum absolute atomic E-state index is 13.4. The molecule has 1 fully saturated rings. The largest absolute Gasteiger partial charge is 0.355 e. The summed E-state index contributed by atoms with van der Waals surface area (Å²) in [5, 5.41) is 6.33. The van der Waals surface area contributed by atoms with Crippen LogP contribution in [0, 0.1) is 5.82 Å². The maximum Gasteiger partial charge on any atom is 0.220 e. The Balaban J connectivity index is 1.96. The van der Waals surface area contributed by atoms with Crippen molar-refractivity contribution in [3.05, 3.63) is 34.6 Å². The Hall–Kier alpha value is -1.13. The van der Waals surface area contributed by atoms with Crippen molar-refractivity contribution in [2.24, 2.45) is 0 Å². The van der Waals surface area contributed by atoms with Gasteiger partial charge in [-0.1, -0.05) is 17.7 Å². The van der Waals surface area contributed by atoms with Crippen molar-refractivity contribution in [2.75, 3.05) is 6.54 Å². The molecule has 1 amide bonds. The van der Waals surface area contributed by atoms with E-state index in [0.29, 0.717) is 13.0 Å². The minimum Gasteiger partial charge on any atom is -0.355 e. The summed E-state index contributed by atoms with van der Waals surface area (Å²) in [6.07, 6.45) is 1.35. The summed E-state index contributed by atoms with van der Waals surface area (Å²) in [5.74, 6) is -0.307. The molecule has 0 radical (unpaired) electrons. The van der Waals surface area contributed by atoms with Gasteiger partial charge in [-0.05, 0) is 31.0 Å². The molecule has 2 rings (SSSR count). The third-order valence-electron chi connectivity index (χ3n) is 3.19. The van der Waals surface area contributed by atoms with Gasteiger partial charge in [-0.2, -0.15) is 0 Å². The fourth-order valence-electron chi connectivity index (χ4n) is 2.11. The van der Waals surface area contributed by atoms with Gasteiger partial charge in [-0.25, -0.2) is 4.39 Å². The lowest BCUT2D eigenvalue weighted by Crippen LogP contribution is -2.46. The van der Waals surface area contributed by atoms with Gasteiger partial charge in [0, 0.05) is 25.0 Å². The fourth-order valence-corrected chi connectivity index (χ4v) is 2.22. The molecule has 2 unspecified atom stereocenters. The van der Waals surface area contributed by atoms with E-state index < -0.39 is 5.82 Å². The first-order valence-corrected chi connectivity index (χ1v) is 6.42. The number of carbonyl (C=O) groups excluding carboxylic acids is 1. The second-order valence-electron chi connectivity index (χ2n) is 4.60. The average molecular weight is 271 g/mol. The second-order valence-corrected chi connectivity index (χ2v) is 5.01. The van der Waals surface area contributed by atoms with Gasteiger partial charge < -0.3 is 10.6 Å². The molecule has 1 aliphatic heterocycles. The number of halogens is 2. The number of carbonyl (C=O) groups is 1. The van der Waals surface area contributed by atoms with Gasteiger partial charge in [0.15, 0.2) is 0 Å².